The molecule has 2 fully saturated rings. The molecule has 1 atom stereocenters. The van der Waals surface area contributed by atoms with E-state index in [1.54, 1.807) is 13.1 Å². The fourth-order valence-electron chi connectivity index (χ4n) is 4.32. The Hall–Kier alpha value is -1.55. The summed E-state index contributed by atoms with van der Waals surface area (Å²) in [6.45, 7) is 5.62. The number of ether oxygens (including phenoxy) is 1. The Kier molecular flexibility index (Phi) is 6.62. The van der Waals surface area contributed by atoms with E-state index in [4.69, 9.17) is 16.3 Å². The van der Waals surface area contributed by atoms with Gasteiger partial charge in [-0.15, -0.1) is 0 Å². The quantitative estimate of drug-likeness (QED) is 0.749. The molecule has 29 heavy (non-hydrogen) atoms. The van der Waals surface area contributed by atoms with E-state index in [2.05, 4.69) is 17.1 Å². The molecule has 2 aliphatic heterocycles. The summed E-state index contributed by atoms with van der Waals surface area (Å²) in [5, 5.41) is 2.97. The second-order valence-electron chi connectivity index (χ2n) is 7.49. The standard InChI is InChI=1S/C19H29ClN4O4S/c1-4-19(7-8-22(14-19)18(25)21-2)23-9-11-24(12-10-23)29(26,27)15-5-6-17(28-3)16(20)13-15/h5-6,13H,4,7-12,14H2,1-3H3,(H,21,25)/t19-/m0/s1. The first kappa shape index (κ1) is 22.1. The molecule has 10 heteroatoms. The lowest BCUT2D eigenvalue weighted by atomic mass is 9.92. The van der Waals surface area contributed by atoms with Crippen molar-refractivity contribution < 1.29 is 17.9 Å². The molecule has 3 rings (SSSR count). The molecule has 0 aromatic heterocycles. The molecule has 1 N–H and O–H groups in total. The fourth-order valence-corrected chi connectivity index (χ4v) is 6.09. The molecule has 162 valence electrons. The average molecular weight is 445 g/mol. The molecule has 0 saturated carbocycles. The van der Waals surface area contributed by atoms with Gasteiger partial charge in [-0.3, -0.25) is 4.90 Å². The van der Waals surface area contributed by atoms with E-state index < -0.39 is 10.0 Å². The van der Waals surface area contributed by atoms with Crippen LogP contribution >= 0.6 is 11.6 Å². The molecule has 0 spiro atoms. The van der Waals surface area contributed by atoms with Crippen LogP contribution in [-0.2, 0) is 10.0 Å². The first-order valence-corrected chi connectivity index (χ1v) is 11.6. The van der Waals surface area contributed by atoms with Crippen LogP contribution in [0.3, 0.4) is 0 Å². The predicted octanol–water partition coefficient (Wildman–Crippen LogP) is 1.85. The molecule has 1 aromatic rings. The van der Waals surface area contributed by atoms with Crippen molar-refractivity contribution >= 4 is 27.7 Å². The van der Waals surface area contributed by atoms with Crippen molar-refractivity contribution in [2.45, 2.75) is 30.2 Å². The average Bonchev–Trinajstić information content (AvgIpc) is 3.19. The van der Waals surface area contributed by atoms with Crippen molar-refractivity contribution in [3.63, 3.8) is 0 Å². The lowest BCUT2D eigenvalue weighted by Crippen LogP contribution is -2.59. The normalized spacial score (nSPS) is 23.9. The minimum Gasteiger partial charge on any atom is -0.495 e. The van der Waals surface area contributed by atoms with Crippen LogP contribution < -0.4 is 10.1 Å². The monoisotopic (exact) mass is 444 g/mol. The lowest BCUT2D eigenvalue weighted by molar-refractivity contribution is 0.0574. The predicted molar refractivity (Wildman–Crippen MR) is 112 cm³/mol. The molecule has 0 unspecified atom stereocenters. The number of rotatable bonds is 5. The van der Waals surface area contributed by atoms with Crippen LogP contribution in [-0.4, -0.2) is 87.5 Å². The van der Waals surface area contributed by atoms with Crippen LogP contribution in [0, 0.1) is 0 Å². The fraction of sp³-hybridized carbons (Fsp3) is 0.632. The molecule has 0 radical (unpaired) electrons. The number of hydrogen-bond donors (Lipinski definition) is 1. The van der Waals surface area contributed by atoms with E-state index in [1.165, 1.54) is 23.5 Å². The maximum absolute atomic E-state index is 13.0. The van der Waals surface area contributed by atoms with E-state index in [-0.39, 0.29) is 21.5 Å². The molecule has 2 saturated heterocycles. The summed E-state index contributed by atoms with van der Waals surface area (Å²) in [5.41, 5.74) is -0.0915. The molecular weight excluding hydrogens is 416 g/mol. The van der Waals surface area contributed by atoms with Gasteiger partial charge in [0.25, 0.3) is 0 Å². The summed E-state index contributed by atoms with van der Waals surface area (Å²) in [6.07, 6.45) is 1.82. The summed E-state index contributed by atoms with van der Waals surface area (Å²) in [5.74, 6) is 0.447. The third-order valence-electron chi connectivity index (χ3n) is 6.16. The maximum Gasteiger partial charge on any atom is 0.317 e. The van der Waals surface area contributed by atoms with Gasteiger partial charge in [0, 0.05) is 51.9 Å². The molecule has 2 aliphatic rings. The molecule has 2 heterocycles. The van der Waals surface area contributed by atoms with Gasteiger partial charge in [-0.05, 0) is 31.0 Å². The van der Waals surface area contributed by atoms with Crippen molar-refractivity contribution in [1.82, 2.24) is 19.4 Å². The zero-order valence-corrected chi connectivity index (χ0v) is 18.7. The highest BCUT2D eigenvalue weighted by atomic mass is 35.5. The van der Waals surface area contributed by atoms with E-state index in [1.807, 2.05) is 4.90 Å². The van der Waals surface area contributed by atoms with Crippen LogP contribution in [0.4, 0.5) is 4.79 Å². The van der Waals surface area contributed by atoms with Gasteiger partial charge in [-0.1, -0.05) is 18.5 Å². The first-order chi connectivity index (χ1) is 13.8. The van der Waals surface area contributed by atoms with E-state index in [9.17, 15) is 13.2 Å². The number of nitrogens with one attached hydrogen (secondary N) is 1. The van der Waals surface area contributed by atoms with Crippen molar-refractivity contribution in [3.05, 3.63) is 23.2 Å². The van der Waals surface area contributed by atoms with Gasteiger partial charge in [0.05, 0.1) is 17.0 Å². The molecule has 8 nitrogen and oxygen atoms in total. The number of halogens is 1. The minimum absolute atomic E-state index is 0.0575. The number of benzene rings is 1. The highest BCUT2D eigenvalue weighted by Gasteiger charge is 2.44. The topological polar surface area (TPSA) is 82.2 Å². The Labute approximate surface area is 177 Å². The molecule has 2 amide bonds. The Morgan fingerprint density at radius 2 is 1.93 bits per heavy atom. The number of methoxy groups -OCH3 is 1. The number of piperazine rings is 1. The summed E-state index contributed by atoms with van der Waals surface area (Å²) in [7, 11) is -0.484. The highest BCUT2D eigenvalue weighted by molar-refractivity contribution is 7.89. The van der Waals surface area contributed by atoms with Crippen molar-refractivity contribution in [1.29, 1.82) is 0 Å². The number of sulfonamides is 1. The molecule has 1 aromatic carbocycles. The highest BCUT2D eigenvalue weighted by Crippen LogP contribution is 2.33. The van der Waals surface area contributed by atoms with Gasteiger partial charge >= 0.3 is 6.03 Å². The number of carbonyl (C=O) groups is 1. The van der Waals surface area contributed by atoms with Crippen LogP contribution in [0.2, 0.25) is 5.02 Å². The summed E-state index contributed by atoms with van der Waals surface area (Å²) in [4.78, 5) is 16.4. The van der Waals surface area contributed by atoms with Gasteiger partial charge in [-0.25, -0.2) is 13.2 Å². The maximum atomic E-state index is 13.0. The van der Waals surface area contributed by atoms with Gasteiger partial charge in [0.15, 0.2) is 0 Å². The van der Waals surface area contributed by atoms with Crippen LogP contribution in [0.25, 0.3) is 0 Å². The van der Waals surface area contributed by atoms with E-state index in [0.29, 0.717) is 38.5 Å². The Morgan fingerprint density at radius 1 is 1.24 bits per heavy atom. The third kappa shape index (κ3) is 4.19. The van der Waals surface area contributed by atoms with Crippen LogP contribution in [0.1, 0.15) is 19.8 Å². The van der Waals surface area contributed by atoms with Crippen LogP contribution in [0.5, 0.6) is 5.75 Å². The Balaban J connectivity index is 1.69. The SMILES string of the molecule is CC[C@]1(N2CCN(S(=O)(=O)c3ccc(OC)c(Cl)c3)CC2)CCN(C(=O)NC)C1. The second kappa shape index (κ2) is 8.67. The third-order valence-corrected chi connectivity index (χ3v) is 8.35. The summed E-state index contributed by atoms with van der Waals surface area (Å²) >= 11 is 6.12. The Morgan fingerprint density at radius 3 is 2.48 bits per heavy atom. The molecular formula is C19H29ClN4O4S. The summed E-state index contributed by atoms with van der Waals surface area (Å²) in [6, 6.07) is 4.48. The molecule has 0 aliphatic carbocycles. The lowest BCUT2D eigenvalue weighted by Gasteiger charge is -2.45. The largest absolute Gasteiger partial charge is 0.495 e. The summed E-state index contributed by atoms with van der Waals surface area (Å²) < 4.78 is 32.7. The first-order valence-electron chi connectivity index (χ1n) is 9.83. The number of carbonyl (C=O) groups excluding carboxylic acids is 1. The van der Waals surface area contributed by atoms with E-state index in [0.717, 1.165) is 19.4 Å². The van der Waals surface area contributed by atoms with Gasteiger partial charge in [0.1, 0.15) is 5.75 Å². The number of nitrogens with zero attached hydrogens (tertiary/aromatic N) is 3. The van der Waals surface area contributed by atoms with Crippen molar-refractivity contribution in [2.75, 3.05) is 53.4 Å². The minimum atomic E-state index is -3.62. The number of urea groups is 1. The zero-order chi connectivity index (χ0) is 21.2. The van der Waals surface area contributed by atoms with Gasteiger partial charge in [-0.2, -0.15) is 4.31 Å². The van der Waals surface area contributed by atoms with E-state index >= 15 is 0 Å². The smallest absolute Gasteiger partial charge is 0.317 e. The molecule has 0 bridgehead atoms. The Bertz CT molecular complexity index is 858. The number of likely N-dealkylation sites (tertiary alicyclic amines) is 1. The van der Waals surface area contributed by atoms with Gasteiger partial charge < -0.3 is 15.0 Å². The number of amides is 2. The van der Waals surface area contributed by atoms with Crippen molar-refractivity contribution in [2.24, 2.45) is 0 Å². The second-order valence-corrected chi connectivity index (χ2v) is 9.84. The van der Waals surface area contributed by atoms with Crippen molar-refractivity contribution in [3.8, 4) is 5.75 Å². The van der Waals surface area contributed by atoms with Gasteiger partial charge in [0.2, 0.25) is 10.0 Å². The van der Waals surface area contributed by atoms with Crippen LogP contribution in [0.15, 0.2) is 23.1 Å². The number of hydrogen-bond acceptors (Lipinski definition) is 5. The zero-order valence-electron chi connectivity index (χ0n) is 17.1.